The molecule has 2 aromatic rings. The fourth-order valence-corrected chi connectivity index (χ4v) is 3.81. The van der Waals surface area contributed by atoms with E-state index in [1.165, 1.54) is 24.0 Å². The number of rotatable bonds is 5. The summed E-state index contributed by atoms with van der Waals surface area (Å²) in [6.07, 6.45) is 3.15. The van der Waals surface area contributed by atoms with Crippen molar-refractivity contribution in [3.05, 3.63) is 46.9 Å². The van der Waals surface area contributed by atoms with Gasteiger partial charge in [-0.15, -0.1) is 0 Å². The summed E-state index contributed by atoms with van der Waals surface area (Å²) in [5, 5.41) is 0. The predicted octanol–water partition coefficient (Wildman–Crippen LogP) is 2.93. The van der Waals surface area contributed by atoms with Gasteiger partial charge >= 0.3 is 0 Å². The molecule has 1 aliphatic heterocycles. The summed E-state index contributed by atoms with van der Waals surface area (Å²) in [5.74, 6) is 3.55. The molecule has 1 saturated heterocycles. The molecule has 28 heavy (non-hydrogen) atoms. The summed E-state index contributed by atoms with van der Waals surface area (Å²) in [4.78, 5) is 25.8. The van der Waals surface area contributed by atoms with E-state index >= 15 is 0 Å². The van der Waals surface area contributed by atoms with Crippen LogP contribution in [0.25, 0.3) is 0 Å². The first kappa shape index (κ1) is 18.7. The second-order valence-corrected chi connectivity index (χ2v) is 7.77. The Balaban J connectivity index is 1.65. The second-order valence-electron chi connectivity index (χ2n) is 7.77. The van der Waals surface area contributed by atoms with Gasteiger partial charge in [0.2, 0.25) is 5.91 Å². The lowest BCUT2D eigenvalue weighted by Crippen LogP contribution is -2.48. The van der Waals surface area contributed by atoms with E-state index in [4.69, 9.17) is 14.7 Å². The van der Waals surface area contributed by atoms with Gasteiger partial charge in [-0.05, 0) is 37.5 Å². The Bertz CT molecular complexity index is 871. The number of methoxy groups -OCH3 is 1. The largest absolute Gasteiger partial charge is 0.497 e. The van der Waals surface area contributed by atoms with Crippen molar-refractivity contribution in [3.8, 4) is 5.75 Å². The van der Waals surface area contributed by atoms with E-state index in [0.29, 0.717) is 5.92 Å². The van der Waals surface area contributed by atoms with E-state index < -0.39 is 0 Å². The molecule has 0 radical (unpaired) electrons. The third kappa shape index (κ3) is 3.96. The Hall–Kier alpha value is -2.63. The molecule has 1 aliphatic carbocycles. The molecule has 148 valence electrons. The van der Waals surface area contributed by atoms with E-state index in [0.717, 1.165) is 55.7 Å². The fourth-order valence-electron chi connectivity index (χ4n) is 3.81. The average molecular weight is 380 g/mol. The van der Waals surface area contributed by atoms with Crippen LogP contribution in [-0.4, -0.2) is 54.1 Å². The van der Waals surface area contributed by atoms with E-state index in [1.807, 2.05) is 17.0 Å². The van der Waals surface area contributed by atoms with Gasteiger partial charge in [0, 0.05) is 56.7 Å². The Morgan fingerprint density at radius 3 is 2.57 bits per heavy atom. The number of ether oxygens (including phenoxy) is 1. The molecule has 6 heteroatoms. The van der Waals surface area contributed by atoms with Crippen molar-refractivity contribution < 1.29 is 9.53 Å². The van der Waals surface area contributed by atoms with Crippen LogP contribution < -0.4 is 9.64 Å². The van der Waals surface area contributed by atoms with E-state index in [-0.39, 0.29) is 5.91 Å². The number of aryl methyl sites for hydroxylation is 1. The van der Waals surface area contributed by atoms with Gasteiger partial charge in [-0.3, -0.25) is 4.79 Å². The smallest absolute Gasteiger partial charge is 0.219 e. The summed E-state index contributed by atoms with van der Waals surface area (Å²) < 4.78 is 5.38. The summed E-state index contributed by atoms with van der Waals surface area (Å²) in [6, 6.07) is 8.18. The number of nitrogens with zero attached hydrogens (tertiary/aromatic N) is 4. The molecule has 1 saturated carbocycles. The highest BCUT2D eigenvalue weighted by Gasteiger charge is 2.30. The van der Waals surface area contributed by atoms with Crippen molar-refractivity contribution in [2.24, 2.45) is 0 Å². The molecule has 1 amide bonds. The van der Waals surface area contributed by atoms with Crippen LogP contribution in [0.2, 0.25) is 0 Å². The molecule has 0 atom stereocenters. The predicted molar refractivity (Wildman–Crippen MR) is 109 cm³/mol. The number of piperazine rings is 1. The monoisotopic (exact) mass is 380 g/mol. The minimum atomic E-state index is 0.147. The van der Waals surface area contributed by atoms with Crippen LogP contribution in [0.4, 0.5) is 5.82 Å². The molecular formula is C22H28N4O2. The van der Waals surface area contributed by atoms with Crippen molar-refractivity contribution in [2.45, 2.75) is 39.0 Å². The minimum Gasteiger partial charge on any atom is -0.497 e. The Kier molecular flexibility index (Phi) is 5.20. The summed E-state index contributed by atoms with van der Waals surface area (Å²) >= 11 is 0. The molecule has 0 bridgehead atoms. The standard InChI is InChI=1S/C22H28N4O2/c1-15-20(14-17-5-4-6-19(13-17)28-3)22(24-21(23-15)18-7-8-18)26-11-9-25(10-12-26)16(2)27/h4-6,13,18H,7-12,14H2,1-3H3. The molecule has 2 fully saturated rings. The first-order valence-electron chi connectivity index (χ1n) is 10.1. The molecule has 1 aromatic carbocycles. The van der Waals surface area contributed by atoms with Gasteiger partial charge in [0.25, 0.3) is 0 Å². The van der Waals surface area contributed by atoms with E-state index in [1.54, 1.807) is 14.0 Å². The van der Waals surface area contributed by atoms with Crippen molar-refractivity contribution in [1.82, 2.24) is 14.9 Å². The molecule has 0 unspecified atom stereocenters. The zero-order chi connectivity index (χ0) is 19.7. The van der Waals surface area contributed by atoms with Crippen LogP contribution in [0.5, 0.6) is 5.75 Å². The van der Waals surface area contributed by atoms with Gasteiger partial charge in [-0.2, -0.15) is 0 Å². The van der Waals surface area contributed by atoms with Crippen molar-refractivity contribution in [1.29, 1.82) is 0 Å². The molecule has 1 aromatic heterocycles. The number of carbonyl (C=O) groups excluding carboxylic acids is 1. The molecule has 4 rings (SSSR count). The lowest BCUT2D eigenvalue weighted by Gasteiger charge is -2.36. The molecule has 0 N–H and O–H groups in total. The summed E-state index contributed by atoms with van der Waals surface area (Å²) in [6.45, 7) is 6.85. The van der Waals surface area contributed by atoms with Crippen LogP contribution in [0.3, 0.4) is 0 Å². The normalized spacial score (nSPS) is 17.0. The lowest BCUT2D eigenvalue weighted by atomic mass is 10.0. The van der Waals surface area contributed by atoms with Gasteiger partial charge in [0.15, 0.2) is 0 Å². The Morgan fingerprint density at radius 2 is 1.93 bits per heavy atom. The minimum absolute atomic E-state index is 0.147. The highest BCUT2D eigenvalue weighted by atomic mass is 16.5. The maximum absolute atomic E-state index is 11.7. The van der Waals surface area contributed by atoms with Crippen LogP contribution in [-0.2, 0) is 11.2 Å². The number of hydrogen-bond donors (Lipinski definition) is 0. The lowest BCUT2D eigenvalue weighted by molar-refractivity contribution is -0.129. The van der Waals surface area contributed by atoms with Gasteiger partial charge in [0.1, 0.15) is 17.4 Å². The van der Waals surface area contributed by atoms with Gasteiger partial charge in [-0.25, -0.2) is 9.97 Å². The molecule has 0 spiro atoms. The van der Waals surface area contributed by atoms with Crippen molar-refractivity contribution in [2.75, 3.05) is 38.2 Å². The van der Waals surface area contributed by atoms with Gasteiger partial charge < -0.3 is 14.5 Å². The number of benzene rings is 1. The third-order valence-corrected chi connectivity index (χ3v) is 5.69. The SMILES string of the molecule is COc1cccc(Cc2c(C)nc(C3CC3)nc2N2CCN(C(C)=O)CC2)c1. The maximum atomic E-state index is 11.7. The highest BCUT2D eigenvalue weighted by molar-refractivity contribution is 5.73. The van der Waals surface area contributed by atoms with Crippen molar-refractivity contribution in [3.63, 3.8) is 0 Å². The number of hydrogen-bond acceptors (Lipinski definition) is 5. The summed E-state index contributed by atoms with van der Waals surface area (Å²) in [7, 11) is 1.69. The zero-order valence-electron chi connectivity index (χ0n) is 16.9. The fraction of sp³-hybridized carbons (Fsp3) is 0.500. The first-order chi connectivity index (χ1) is 13.5. The molecule has 2 aliphatic rings. The third-order valence-electron chi connectivity index (χ3n) is 5.69. The number of carbonyl (C=O) groups is 1. The molecule has 2 heterocycles. The highest BCUT2D eigenvalue weighted by Crippen LogP contribution is 2.39. The van der Waals surface area contributed by atoms with Gasteiger partial charge in [0.05, 0.1) is 7.11 Å². The van der Waals surface area contributed by atoms with E-state index in [9.17, 15) is 4.79 Å². The maximum Gasteiger partial charge on any atom is 0.219 e. The van der Waals surface area contributed by atoms with Crippen LogP contribution >= 0.6 is 0 Å². The quantitative estimate of drug-likeness (QED) is 0.798. The molecule has 6 nitrogen and oxygen atoms in total. The first-order valence-corrected chi connectivity index (χ1v) is 10.1. The number of amides is 1. The van der Waals surface area contributed by atoms with Crippen LogP contribution in [0.15, 0.2) is 24.3 Å². The Morgan fingerprint density at radius 1 is 1.18 bits per heavy atom. The Labute approximate surface area is 166 Å². The topological polar surface area (TPSA) is 58.6 Å². The van der Waals surface area contributed by atoms with Crippen molar-refractivity contribution >= 4 is 11.7 Å². The second kappa shape index (κ2) is 7.78. The van der Waals surface area contributed by atoms with Crippen LogP contribution in [0.1, 0.15) is 48.3 Å². The number of aromatic nitrogens is 2. The van der Waals surface area contributed by atoms with Crippen LogP contribution in [0, 0.1) is 6.92 Å². The summed E-state index contributed by atoms with van der Waals surface area (Å²) in [5.41, 5.74) is 3.42. The number of anilines is 1. The molecular weight excluding hydrogens is 352 g/mol. The van der Waals surface area contributed by atoms with Gasteiger partial charge in [-0.1, -0.05) is 12.1 Å². The zero-order valence-corrected chi connectivity index (χ0v) is 16.9. The average Bonchev–Trinajstić information content (AvgIpc) is 3.55. The van der Waals surface area contributed by atoms with E-state index in [2.05, 4.69) is 24.0 Å².